The Morgan fingerprint density at radius 1 is 1.29 bits per heavy atom. The lowest BCUT2D eigenvalue weighted by Crippen LogP contribution is -1.92. The van der Waals surface area contributed by atoms with Gasteiger partial charge in [0.25, 0.3) is 0 Å². The van der Waals surface area contributed by atoms with Gasteiger partial charge in [-0.3, -0.25) is 15.1 Å². The lowest BCUT2D eigenvalue weighted by Gasteiger charge is -2.02. The molecule has 0 saturated heterocycles. The molecule has 1 N–H and O–H groups in total. The van der Waals surface area contributed by atoms with Gasteiger partial charge in [0.1, 0.15) is 0 Å². The van der Waals surface area contributed by atoms with Gasteiger partial charge < -0.3 is 5.11 Å². The zero-order chi connectivity index (χ0) is 15.6. The van der Waals surface area contributed by atoms with Crippen molar-refractivity contribution in [3.8, 4) is 5.75 Å². The molecule has 0 bridgehead atoms. The average molecular weight is 325 g/mol. The summed E-state index contributed by atoms with van der Waals surface area (Å²) in [6.45, 7) is 1.89. The quantitative estimate of drug-likeness (QED) is 0.506. The van der Waals surface area contributed by atoms with E-state index in [1.807, 2.05) is 13.0 Å². The van der Waals surface area contributed by atoms with Crippen molar-refractivity contribution in [3.63, 3.8) is 0 Å². The van der Waals surface area contributed by atoms with Gasteiger partial charge in [0, 0.05) is 22.9 Å². The van der Waals surface area contributed by atoms with E-state index in [0.29, 0.717) is 10.7 Å². The number of aliphatic imine (C=N–C) groups is 1. The minimum atomic E-state index is -0.711. The Kier molecular flexibility index (Phi) is 4.45. The van der Waals surface area contributed by atoms with Crippen LogP contribution in [0.4, 0.5) is 11.4 Å². The smallest absolute Gasteiger partial charge is 0.312 e. The van der Waals surface area contributed by atoms with Crippen LogP contribution in [0.15, 0.2) is 35.3 Å². The van der Waals surface area contributed by atoms with Crippen LogP contribution < -0.4 is 0 Å². The maximum Gasteiger partial charge on any atom is 0.312 e. The zero-order valence-electron chi connectivity index (χ0n) is 10.9. The molecule has 0 fully saturated rings. The van der Waals surface area contributed by atoms with Crippen molar-refractivity contribution in [3.05, 3.63) is 61.6 Å². The summed E-state index contributed by atoms with van der Waals surface area (Å²) < 4.78 is 0. The fourth-order valence-corrected chi connectivity index (χ4v) is 2.20. The first-order valence-electron chi connectivity index (χ1n) is 5.85. The second-order valence-corrected chi connectivity index (χ2v) is 5.18. The van der Waals surface area contributed by atoms with Crippen LogP contribution in [0.1, 0.15) is 11.1 Å². The van der Waals surface area contributed by atoms with Gasteiger partial charge in [0.05, 0.1) is 15.6 Å². The number of aromatic hydroxyl groups is 1. The van der Waals surface area contributed by atoms with Crippen LogP contribution >= 0.6 is 23.2 Å². The highest BCUT2D eigenvalue weighted by molar-refractivity contribution is 6.33. The number of nitrogens with zero attached hydrogens (tertiary/aromatic N) is 2. The molecule has 0 atom stereocenters. The predicted octanol–water partition coefficient (Wildman–Crippen LogP) is 4.67. The Morgan fingerprint density at radius 3 is 2.62 bits per heavy atom. The first kappa shape index (κ1) is 15.3. The summed E-state index contributed by atoms with van der Waals surface area (Å²) >= 11 is 11.8. The topological polar surface area (TPSA) is 75.7 Å². The number of nitro benzene ring substituents is 1. The number of benzene rings is 2. The van der Waals surface area contributed by atoms with E-state index in [4.69, 9.17) is 23.2 Å². The predicted molar refractivity (Wildman–Crippen MR) is 83.2 cm³/mol. The van der Waals surface area contributed by atoms with Gasteiger partial charge >= 0.3 is 5.69 Å². The molecule has 2 aromatic carbocycles. The fraction of sp³-hybridized carbons (Fsp3) is 0.0714. The fourth-order valence-electron chi connectivity index (χ4n) is 1.70. The molecule has 7 heteroatoms. The van der Waals surface area contributed by atoms with Gasteiger partial charge in [-0.25, -0.2) is 0 Å². The molecule has 0 amide bonds. The van der Waals surface area contributed by atoms with Gasteiger partial charge in [-0.15, -0.1) is 0 Å². The number of hydrogen-bond donors (Lipinski definition) is 1. The molecule has 0 saturated carbocycles. The van der Waals surface area contributed by atoms with Crippen molar-refractivity contribution in [2.45, 2.75) is 6.92 Å². The van der Waals surface area contributed by atoms with Crippen LogP contribution in [0.3, 0.4) is 0 Å². The van der Waals surface area contributed by atoms with E-state index in [-0.39, 0.29) is 10.6 Å². The molecule has 0 aliphatic rings. The van der Waals surface area contributed by atoms with E-state index in [9.17, 15) is 15.2 Å². The van der Waals surface area contributed by atoms with Crippen molar-refractivity contribution in [1.82, 2.24) is 0 Å². The van der Waals surface area contributed by atoms with Crippen LogP contribution in [0.2, 0.25) is 10.0 Å². The van der Waals surface area contributed by atoms with Crippen molar-refractivity contribution in [2.75, 3.05) is 0 Å². The number of halogens is 2. The summed E-state index contributed by atoms with van der Waals surface area (Å²) in [7, 11) is 0. The number of rotatable bonds is 3. The molecule has 0 radical (unpaired) electrons. The Bertz CT molecular complexity index is 745. The molecule has 0 aromatic heterocycles. The molecule has 5 nitrogen and oxygen atoms in total. The molecular formula is C14H10Cl2N2O3. The summed E-state index contributed by atoms with van der Waals surface area (Å²) in [5.74, 6) is -0.489. The van der Waals surface area contributed by atoms with Crippen molar-refractivity contribution < 1.29 is 10.0 Å². The minimum absolute atomic E-state index is 0.135. The number of nitro groups is 1. The van der Waals surface area contributed by atoms with Crippen molar-refractivity contribution >= 4 is 40.8 Å². The summed E-state index contributed by atoms with van der Waals surface area (Å²) in [5, 5.41) is 21.2. The van der Waals surface area contributed by atoms with Crippen LogP contribution in [-0.2, 0) is 0 Å². The van der Waals surface area contributed by atoms with Gasteiger partial charge in [-0.1, -0.05) is 29.3 Å². The van der Waals surface area contributed by atoms with E-state index in [1.165, 1.54) is 12.3 Å². The van der Waals surface area contributed by atoms with Crippen molar-refractivity contribution in [1.29, 1.82) is 0 Å². The number of phenols is 1. The molecular weight excluding hydrogens is 315 g/mol. The SMILES string of the molecule is Cc1ccc(N=Cc2cc(Cl)cc([N+](=O)[O-])c2O)c(Cl)c1. The normalized spacial score (nSPS) is 11.0. The second-order valence-electron chi connectivity index (χ2n) is 4.33. The minimum Gasteiger partial charge on any atom is -0.502 e. The third kappa shape index (κ3) is 3.51. The summed E-state index contributed by atoms with van der Waals surface area (Å²) in [6, 6.07) is 7.75. The zero-order valence-corrected chi connectivity index (χ0v) is 12.4. The third-order valence-electron chi connectivity index (χ3n) is 2.73. The Morgan fingerprint density at radius 2 is 2.00 bits per heavy atom. The Labute approximate surface area is 130 Å². The van der Waals surface area contributed by atoms with Gasteiger partial charge in [0.15, 0.2) is 0 Å². The monoisotopic (exact) mass is 324 g/mol. The van der Waals surface area contributed by atoms with Gasteiger partial charge in [0.2, 0.25) is 5.75 Å². The van der Waals surface area contributed by atoms with Gasteiger partial charge in [-0.2, -0.15) is 0 Å². The number of phenolic OH excluding ortho intramolecular Hbond substituents is 1. The highest BCUT2D eigenvalue weighted by Gasteiger charge is 2.17. The molecule has 0 aliphatic heterocycles. The highest BCUT2D eigenvalue weighted by Crippen LogP contribution is 2.33. The molecule has 108 valence electrons. The van der Waals surface area contributed by atoms with E-state index in [2.05, 4.69) is 4.99 Å². The summed E-state index contributed by atoms with van der Waals surface area (Å²) in [6.07, 6.45) is 1.28. The van der Waals surface area contributed by atoms with Crippen LogP contribution in [0.5, 0.6) is 5.75 Å². The Balaban J connectivity index is 2.43. The first-order chi connectivity index (χ1) is 9.88. The molecule has 0 spiro atoms. The van der Waals surface area contributed by atoms with Gasteiger partial charge in [-0.05, 0) is 30.7 Å². The Hall–Kier alpha value is -2.11. The maximum absolute atomic E-state index is 10.8. The van der Waals surface area contributed by atoms with Crippen molar-refractivity contribution in [2.24, 2.45) is 4.99 Å². The molecule has 0 aliphatic carbocycles. The standard InChI is InChI=1S/C14H10Cl2N2O3/c1-8-2-3-12(11(16)4-8)17-7-9-5-10(15)6-13(14(9)19)18(20)21/h2-7,19H,1H3. The molecule has 2 aromatic rings. The van der Waals surface area contributed by atoms with E-state index >= 15 is 0 Å². The average Bonchev–Trinajstić information content (AvgIpc) is 2.40. The summed E-state index contributed by atoms with van der Waals surface area (Å²) in [4.78, 5) is 14.2. The molecule has 2 rings (SSSR count). The molecule has 21 heavy (non-hydrogen) atoms. The van der Waals surface area contributed by atoms with E-state index in [1.54, 1.807) is 12.1 Å². The first-order valence-corrected chi connectivity index (χ1v) is 6.61. The van der Waals surface area contributed by atoms with E-state index < -0.39 is 16.4 Å². The molecule has 0 unspecified atom stereocenters. The molecule has 0 heterocycles. The highest BCUT2D eigenvalue weighted by atomic mass is 35.5. The second kappa shape index (κ2) is 6.11. The maximum atomic E-state index is 10.8. The number of hydrogen-bond acceptors (Lipinski definition) is 4. The third-order valence-corrected chi connectivity index (χ3v) is 3.25. The van der Waals surface area contributed by atoms with Crippen LogP contribution in [0.25, 0.3) is 0 Å². The van der Waals surface area contributed by atoms with Crippen LogP contribution in [-0.4, -0.2) is 16.2 Å². The summed E-state index contributed by atoms with van der Waals surface area (Å²) in [5.41, 5.74) is 1.15. The lowest BCUT2D eigenvalue weighted by molar-refractivity contribution is -0.385. The lowest BCUT2D eigenvalue weighted by atomic mass is 10.2. The van der Waals surface area contributed by atoms with E-state index in [0.717, 1.165) is 11.6 Å². The largest absolute Gasteiger partial charge is 0.502 e. The van der Waals surface area contributed by atoms with Crippen LogP contribution in [0, 0.1) is 17.0 Å². The number of aryl methyl sites for hydroxylation is 1.